The summed E-state index contributed by atoms with van der Waals surface area (Å²) in [7, 11) is 1.67. The first kappa shape index (κ1) is 21.0. The third kappa shape index (κ3) is 5.46. The minimum absolute atomic E-state index is 0.102. The second-order valence-electron chi connectivity index (χ2n) is 7.67. The maximum atomic E-state index is 13.0. The molecule has 162 valence electrons. The standard InChI is InChI=1S/C23H25FN4O3/c1-30-20-8-2-17(3-9-20)16-27-12-14-28(15-13-27)22(29)11-10-21-25-23(26-31-21)18-4-6-19(24)7-5-18/h2-9H,10-16H2,1H3/p+1. The van der Waals surface area contributed by atoms with Crippen molar-refractivity contribution in [3.8, 4) is 17.1 Å². The van der Waals surface area contributed by atoms with Crippen molar-refractivity contribution in [2.24, 2.45) is 0 Å². The Hall–Kier alpha value is -3.26. The van der Waals surface area contributed by atoms with E-state index in [0.717, 1.165) is 38.5 Å². The number of ether oxygens (including phenoxy) is 1. The molecule has 7 nitrogen and oxygen atoms in total. The Labute approximate surface area is 180 Å². The number of benzene rings is 2. The van der Waals surface area contributed by atoms with E-state index in [2.05, 4.69) is 22.3 Å². The van der Waals surface area contributed by atoms with Gasteiger partial charge in [0.15, 0.2) is 0 Å². The number of methoxy groups -OCH3 is 1. The van der Waals surface area contributed by atoms with E-state index < -0.39 is 0 Å². The number of hydrogen-bond donors (Lipinski definition) is 1. The van der Waals surface area contributed by atoms with E-state index >= 15 is 0 Å². The smallest absolute Gasteiger partial charge is 0.227 e. The van der Waals surface area contributed by atoms with Crippen molar-refractivity contribution in [2.45, 2.75) is 19.4 Å². The third-order valence-electron chi connectivity index (χ3n) is 5.56. The van der Waals surface area contributed by atoms with Gasteiger partial charge in [-0.15, -0.1) is 0 Å². The van der Waals surface area contributed by atoms with Crippen LogP contribution in [0.5, 0.6) is 5.75 Å². The number of nitrogens with one attached hydrogen (secondary N) is 1. The Kier molecular flexibility index (Phi) is 6.57. The van der Waals surface area contributed by atoms with E-state index in [9.17, 15) is 9.18 Å². The number of rotatable bonds is 7. The first-order chi connectivity index (χ1) is 15.1. The quantitative estimate of drug-likeness (QED) is 0.624. The molecule has 3 aromatic rings. The molecule has 1 saturated heterocycles. The molecule has 1 amide bonds. The molecular weight excluding hydrogens is 399 g/mol. The summed E-state index contributed by atoms with van der Waals surface area (Å²) in [6.07, 6.45) is 0.727. The number of quaternary nitrogens is 1. The molecule has 1 aliphatic rings. The molecule has 1 aromatic heterocycles. The van der Waals surface area contributed by atoms with Crippen molar-refractivity contribution >= 4 is 5.91 Å². The lowest BCUT2D eigenvalue weighted by atomic mass is 10.2. The lowest BCUT2D eigenvalue weighted by Crippen LogP contribution is -3.13. The van der Waals surface area contributed by atoms with Crippen LogP contribution < -0.4 is 9.64 Å². The molecule has 1 aliphatic heterocycles. The van der Waals surface area contributed by atoms with Crippen LogP contribution in [0.25, 0.3) is 11.4 Å². The highest BCUT2D eigenvalue weighted by Crippen LogP contribution is 2.17. The Morgan fingerprint density at radius 1 is 1.13 bits per heavy atom. The van der Waals surface area contributed by atoms with Crippen LogP contribution in [0.2, 0.25) is 0 Å². The van der Waals surface area contributed by atoms with E-state index in [1.165, 1.54) is 22.6 Å². The largest absolute Gasteiger partial charge is 0.497 e. The molecule has 0 aliphatic carbocycles. The van der Waals surface area contributed by atoms with Gasteiger partial charge in [0.2, 0.25) is 17.6 Å². The minimum Gasteiger partial charge on any atom is -0.497 e. The summed E-state index contributed by atoms with van der Waals surface area (Å²) in [6.45, 7) is 4.28. The number of piperazine rings is 1. The molecule has 0 radical (unpaired) electrons. The van der Waals surface area contributed by atoms with Gasteiger partial charge in [-0.05, 0) is 48.5 Å². The Balaban J connectivity index is 1.22. The maximum Gasteiger partial charge on any atom is 0.227 e. The molecule has 2 aromatic carbocycles. The number of aromatic nitrogens is 2. The van der Waals surface area contributed by atoms with Gasteiger partial charge in [0.25, 0.3) is 0 Å². The van der Waals surface area contributed by atoms with Crippen molar-refractivity contribution in [2.75, 3.05) is 33.3 Å². The summed E-state index contributed by atoms with van der Waals surface area (Å²) in [5, 5.41) is 3.92. The minimum atomic E-state index is -0.316. The van der Waals surface area contributed by atoms with Crippen LogP contribution in [-0.4, -0.2) is 54.2 Å². The lowest BCUT2D eigenvalue weighted by Gasteiger charge is -2.32. The molecule has 4 rings (SSSR count). The number of hydrogen-bond acceptors (Lipinski definition) is 5. The monoisotopic (exact) mass is 425 g/mol. The third-order valence-corrected chi connectivity index (χ3v) is 5.56. The fourth-order valence-corrected chi connectivity index (χ4v) is 3.73. The van der Waals surface area contributed by atoms with Crippen LogP contribution >= 0.6 is 0 Å². The molecule has 0 unspecified atom stereocenters. The van der Waals surface area contributed by atoms with Gasteiger partial charge in [0, 0.05) is 24.0 Å². The van der Waals surface area contributed by atoms with Crippen molar-refractivity contribution < 1.29 is 23.3 Å². The predicted molar refractivity (Wildman–Crippen MR) is 112 cm³/mol. The van der Waals surface area contributed by atoms with Crippen molar-refractivity contribution in [1.29, 1.82) is 0 Å². The molecule has 2 heterocycles. The van der Waals surface area contributed by atoms with Gasteiger partial charge in [-0.1, -0.05) is 5.16 Å². The molecule has 1 fully saturated rings. The van der Waals surface area contributed by atoms with Crippen LogP contribution in [0.4, 0.5) is 4.39 Å². The van der Waals surface area contributed by atoms with Crippen LogP contribution in [0.1, 0.15) is 17.9 Å². The van der Waals surface area contributed by atoms with Crippen LogP contribution in [0.3, 0.4) is 0 Å². The summed E-state index contributed by atoms with van der Waals surface area (Å²) in [4.78, 5) is 20.3. The molecule has 0 bridgehead atoms. The molecule has 1 N–H and O–H groups in total. The highest BCUT2D eigenvalue weighted by molar-refractivity contribution is 5.76. The summed E-state index contributed by atoms with van der Waals surface area (Å²) >= 11 is 0. The highest BCUT2D eigenvalue weighted by Gasteiger charge is 2.24. The fourth-order valence-electron chi connectivity index (χ4n) is 3.73. The van der Waals surface area contributed by atoms with Gasteiger partial charge in [0.1, 0.15) is 18.1 Å². The zero-order chi connectivity index (χ0) is 21.6. The van der Waals surface area contributed by atoms with E-state index in [-0.39, 0.29) is 11.7 Å². The fraction of sp³-hybridized carbons (Fsp3) is 0.348. The number of carbonyl (C=O) groups excluding carboxylic acids is 1. The van der Waals surface area contributed by atoms with Gasteiger partial charge in [-0.2, -0.15) is 4.98 Å². The predicted octanol–water partition coefficient (Wildman–Crippen LogP) is 1.74. The van der Waals surface area contributed by atoms with Gasteiger partial charge < -0.3 is 19.1 Å². The molecule has 31 heavy (non-hydrogen) atoms. The van der Waals surface area contributed by atoms with E-state index in [1.54, 1.807) is 19.2 Å². The summed E-state index contributed by atoms with van der Waals surface area (Å²) in [6, 6.07) is 14.0. The number of aryl methyl sites for hydroxylation is 1. The maximum absolute atomic E-state index is 13.0. The van der Waals surface area contributed by atoms with Crippen molar-refractivity contribution in [1.82, 2.24) is 15.0 Å². The first-order valence-corrected chi connectivity index (χ1v) is 10.4. The van der Waals surface area contributed by atoms with Gasteiger partial charge in [-0.25, -0.2) is 4.39 Å². The lowest BCUT2D eigenvalue weighted by molar-refractivity contribution is -0.917. The topological polar surface area (TPSA) is 72.9 Å². The van der Waals surface area contributed by atoms with Gasteiger partial charge >= 0.3 is 0 Å². The molecule has 0 atom stereocenters. The number of carbonyl (C=O) groups is 1. The number of amides is 1. The molecule has 0 spiro atoms. The SMILES string of the molecule is COc1ccc(C[NH+]2CCN(C(=O)CCc3nc(-c4ccc(F)cc4)no3)CC2)cc1. The van der Waals surface area contributed by atoms with Crippen molar-refractivity contribution in [3.63, 3.8) is 0 Å². The second kappa shape index (κ2) is 9.70. The Bertz CT molecular complexity index is 996. The molecular formula is C23H26FN4O3+. The number of nitrogens with zero attached hydrogens (tertiary/aromatic N) is 3. The van der Waals surface area contributed by atoms with E-state index in [4.69, 9.17) is 9.26 Å². The number of halogens is 1. The Morgan fingerprint density at radius 3 is 2.52 bits per heavy atom. The van der Waals surface area contributed by atoms with Crippen LogP contribution in [0.15, 0.2) is 53.1 Å². The van der Waals surface area contributed by atoms with E-state index in [0.29, 0.717) is 30.1 Å². The van der Waals surface area contributed by atoms with Gasteiger partial charge in [-0.3, -0.25) is 4.79 Å². The molecule has 8 heteroatoms. The summed E-state index contributed by atoms with van der Waals surface area (Å²) in [5.41, 5.74) is 1.95. The Morgan fingerprint density at radius 2 is 1.84 bits per heavy atom. The average molecular weight is 425 g/mol. The zero-order valence-electron chi connectivity index (χ0n) is 17.5. The zero-order valence-corrected chi connectivity index (χ0v) is 17.5. The van der Waals surface area contributed by atoms with Crippen LogP contribution in [0, 0.1) is 5.82 Å². The van der Waals surface area contributed by atoms with Gasteiger partial charge in [0.05, 0.1) is 33.3 Å². The van der Waals surface area contributed by atoms with Crippen LogP contribution in [-0.2, 0) is 17.8 Å². The summed E-state index contributed by atoms with van der Waals surface area (Å²) in [5.74, 6) is 1.46. The first-order valence-electron chi connectivity index (χ1n) is 10.4. The van der Waals surface area contributed by atoms with E-state index in [1.807, 2.05) is 17.0 Å². The second-order valence-corrected chi connectivity index (χ2v) is 7.67. The average Bonchev–Trinajstić information content (AvgIpc) is 3.28. The molecule has 0 saturated carbocycles. The summed E-state index contributed by atoms with van der Waals surface area (Å²) < 4.78 is 23.5. The normalized spacial score (nSPS) is 14.6. The highest BCUT2D eigenvalue weighted by atomic mass is 19.1. The van der Waals surface area contributed by atoms with Crippen molar-refractivity contribution in [3.05, 3.63) is 65.8 Å².